The second-order valence-corrected chi connectivity index (χ2v) is 6.85. The summed E-state index contributed by atoms with van der Waals surface area (Å²) in [6.07, 6.45) is 4.15. The van der Waals surface area contributed by atoms with Crippen LogP contribution in [-0.2, 0) is 18.2 Å². The van der Waals surface area contributed by atoms with Gasteiger partial charge in [0, 0.05) is 25.4 Å². The van der Waals surface area contributed by atoms with E-state index in [1.807, 2.05) is 0 Å². The molecule has 1 saturated heterocycles. The van der Waals surface area contributed by atoms with Gasteiger partial charge in [0.25, 0.3) is 5.56 Å². The number of nitrogens with one attached hydrogen (secondary N) is 2. The van der Waals surface area contributed by atoms with Crippen molar-refractivity contribution in [1.29, 1.82) is 0 Å². The molecule has 1 aromatic carbocycles. The van der Waals surface area contributed by atoms with Gasteiger partial charge in [0.15, 0.2) is 0 Å². The summed E-state index contributed by atoms with van der Waals surface area (Å²) in [5.41, 5.74) is 1.21. The molecule has 0 bridgehead atoms. The van der Waals surface area contributed by atoms with Gasteiger partial charge < -0.3 is 19.9 Å². The largest absolute Gasteiger partial charge is 0.443 e. The predicted molar refractivity (Wildman–Crippen MR) is 105 cm³/mol. The van der Waals surface area contributed by atoms with Crippen molar-refractivity contribution in [3.8, 4) is 0 Å². The molecule has 2 N–H and O–H groups in total. The van der Waals surface area contributed by atoms with Crippen molar-refractivity contribution in [1.82, 2.24) is 25.1 Å². The van der Waals surface area contributed by atoms with E-state index < -0.39 is 6.09 Å². The summed E-state index contributed by atoms with van der Waals surface area (Å²) < 4.78 is 21.2. The average molecular weight is 400 g/mol. The molecule has 0 unspecified atom stereocenters. The third kappa shape index (κ3) is 3.83. The van der Waals surface area contributed by atoms with E-state index in [0.717, 1.165) is 0 Å². The Balaban J connectivity index is 1.37. The standard InChI is InChI=1S/C19H21FN6O3/c1-25-17(27)10-24-15-3-2-14(20)13(18(15)25)4-5-21-8-12-11-26(19(28)29-12)16-9-22-6-7-23-16/h2-3,6,9-10,12,21,23H,4-5,7-8,11H2,1H3/t12-/m0/s1. The minimum absolute atomic E-state index is 0.287. The first-order chi connectivity index (χ1) is 14.0. The maximum atomic E-state index is 14.4. The Labute approximate surface area is 165 Å². The van der Waals surface area contributed by atoms with Crippen molar-refractivity contribution in [3.05, 3.63) is 52.1 Å². The maximum absolute atomic E-state index is 14.4. The number of amides is 1. The highest BCUT2D eigenvalue weighted by atomic mass is 19.1. The molecular weight excluding hydrogens is 379 g/mol. The van der Waals surface area contributed by atoms with Gasteiger partial charge in [-0.25, -0.2) is 14.2 Å². The van der Waals surface area contributed by atoms with Gasteiger partial charge in [0.2, 0.25) is 0 Å². The molecule has 152 valence electrons. The Morgan fingerprint density at radius 1 is 1.38 bits per heavy atom. The van der Waals surface area contributed by atoms with Crippen LogP contribution in [0.2, 0.25) is 0 Å². The quantitative estimate of drug-likeness (QED) is 0.685. The lowest BCUT2D eigenvalue weighted by Gasteiger charge is -2.19. The van der Waals surface area contributed by atoms with Crippen molar-refractivity contribution in [2.45, 2.75) is 12.5 Å². The molecule has 0 saturated carbocycles. The van der Waals surface area contributed by atoms with Crippen molar-refractivity contribution >= 4 is 23.3 Å². The van der Waals surface area contributed by atoms with E-state index in [0.29, 0.717) is 55.0 Å². The van der Waals surface area contributed by atoms with Crippen LogP contribution in [0.3, 0.4) is 0 Å². The van der Waals surface area contributed by atoms with Crippen LogP contribution in [0.25, 0.3) is 11.0 Å². The third-order valence-corrected chi connectivity index (χ3v) is 4.95. The summed E-state index contributed by atoms with van der Waals surface area (Å²) in [6, 6.07) is 2.92. The number of ether oxygens (including phenoxy) is 1. The second-order valence-electron chi connectivity index (χ2n) is 6.85. The SMILES string of the molecule is Cn1c(=O)cnc2ccc(F)c(CCNC[C@H]3CN(C4=CN=CCN4)C(=O)O3)c21. The summed E-state index contributed by atoms with van der Waals surface area (Å²) in [6.45, 7) is 1.86. The fraction of sp³-hybridized carbons (Fsp3) is 0.368. The van der Waals surface area contributed by atoms with Crippen molar-refractivity contribution < 1.29 is 13.9 Å². The van der Waals surface area contributed by atoms with Crippen LogP contribution >= 0.6 is 0 Å². The van der Waals surface area contributed by atoms with E-state index in [2.05, 4.69) is 20.6 Å². The molecule has 2 aliphatic heterocycles. The molecular formula is C19H21FN6O3. The average Bonchev–Trinajstić information content (AvgIpc) is 3.10. The smallest absolute Gasteiger partial charge is 0.415 e. The molecule has 3 heterocycles. The first kappa shape index (κ1) is 19.1. The molecule has 9 nitrogen and oxygen atoms in total. The number of hydrogen-bond acceptors (Lipinski definition) is 7. The molecule has 1 amide bonds. The minimum atomic E-state index is -0.422. The number of aryl methyl sites for hydroxylation is 1. The zero-order valence-corrected chi connectivity index (χ0v) is 15.9. The van der Waals surface area contributed by atoms with E-state index >= 15 is 0 Å². The van der Waals surface area contributed by atoms with Crippen LogP contribution in [0.5, 0.6) is 0 Å². The topological polar surface area (TPSA) is 101 Å². The Hall–Kier alpha value is -3.27. The second kappa shape index (κ2) is 8.00. The summed E-state index contributed by atoms with van der Waals surface area (Å²) in [7, 11) is 1.60. The van der Waals surface area contributed by atoms with Gasteiger partial charge in [-0.2, -0.15) is 0 Å². The van der Waals surface area contributed by atoms with E-state index in [1.165, 1.54) is 21.7 Å². The minimum Gasteiger partial charge on any atom is -0.443 e. The number of aliphatic imine (C=N–C) groups is 1. The Kier molecular flexibility index (Phi) is 5.26. The molecule has 0 spiro atoms. The number of fused-ring (bicyclic) bond motifs is 1. The predicted octanol–water partition coefficient (Wildman–Crippen LogP) is 0.498. The van der Waals surface area contributed by atoms with Crippen LogP contribution in [0.15, 0.2) is 40.1 Å². The normalized spacial score (nSPS) is 18.7. The lowest BCUT2D eigenvalue weighted by Crippen LogP contribution is -2.36. The number of cyclic esters (lactones) is 1. The zero-order chi connectivity index (χ0) is 20.4. The number of hydrogen-bond donors (Lipinski definition) is 2. The lowest BCUT2D eigenvalue weighted by molar-refractivity contribution is 0.133. The number of carbonyl (C=O) groups is 1. The molecule has 1 atom stereocenters. The molecule has 4 rings (SSSR count). The monoisotopic (exact) mass is 400 g/mol. The van der Waals surface area contributed by atoms with Crippen molar-refractivity contribution in [2.24, 2.45) is 12.0 Å². The third-order valence-electron chi connectivity index (χ3n) is 4.95. The fourth-order valence-electron chi connectivity index (χ4n) is 3.48. The number of halogens is 1. The van der Waals surface area contributed by atoms with E-state index in [9.17, 15) is 14.0 Å². The molecule has 29 heavy (non-hydrogen) atoms. The molecule has 1 aromatic heterocycles. The summed E-state index contributed by atoms with van der Waals surface area (Å²) in [4.78, 5) is 33.6. The number of aromatic nitrogens is 2. The van der Waals surface area contributed by atoms with E-state index in [1.54, 1.807) is 25.5 Å². The van der Waals surface area contributed by atoms with E-state index in [-0.39, 0.29) is 17.5 Å². The Morgan fingerprint density at radius 2 is 2.24 bits per heavy atom. The van der Waals surface area contributed by atoms with Gasteiger partial charge in [0.1, 0.15) is 17.7 Å². The molecule has 0 radical (unpaired) electrons. The number of nitrogens with zero attached hydrogens (tertiary/aromatic N) is 4. The fourth-order valence-corrected chi connectivity index (χ4v) is 3.48. The van der Waals surface area contributed by atoms with Crippen LogP contribution in [0, 0.1) is 5.82 Å². The first-order valence-corrected chi connectivity index (χ1v) is 9.32. The first-order valence-electron chi connectivity index (χ1n) is 9.32. The van der Waals surface area contributed by atoms with Gasteiger partial charge in [-0.3, -0.25) is 14.7 Å². The highest BCUT2D eigenvalue weighted by Gasteiger charge is 2.33. The number of benzene rings is 1. The van der Waals surface area contributed by atoms with Crippen LogP contribution in [0.1, 0.15) is 5.56 Å². The molecule has 0 aliphatic carbocycles. The van der Waals surface area contributed by atoms with Crippen LogP contribution < -0.4 is 16.2 Å². The molecule has 2 aromatic rings. The van der Waals surface area contributed by atoms with Crippen LogP contribution in [0.4, 0.5) is 9.18 Å². The summed E-state index contributed by atoms with van der Waals surface area (Å²) in [5, 5.41) is 6.27. The zero-order valence-electron chi connectivity index (χ0n) is 15.9. The highest BCUT2D eigenvalue weighted by Crippen LogP contribution is 2.19. The summed E-state index contributed by atoms with van der Waals surface area (Å²) >= 11 is 0. The molecule has 10 heteroatoms. The van der Waals surface area contributed by atoms with Crippen molar-refractivity contribution in [3.63, 3.8) is 0 Å². The van der Waals surface area contributed by atoms with Gasteiger partial charge in [-0.1, -0.05) is 0 Å². The highest BCUT2D eigenvalue weighted by molar-refractivity contribution is 5.78. The number of rotatable bonds is 6. The van der Waals surface area contributed by atoms with Gasteiger partial charge in [0.05, 0.1) is 36.5 Å². The molecule has 2 aliphatic rings. The molecule has 1 fully saturated rings. The lowest BCUT2D eigenvalue weighted by atomic mass is 10.1. The number of carbonyl (C=O) groups excluding carboxylic acids is 1. The van der Waals surface area contributed by atoms with Gasteiger partial charge in [-0.15, -0.1) is 0 Å². The van der Waals surface area contributed by atoms with Gasteiger partial charge >= 0.3 is 6.09 Å². The Bertz CT molecular complexity index is 1060. The van der Waals surface area contributed by atoms with Crippen molar-refractivity contribution in [2.75, 3.05) is 26.2 Å². The summed E-state index contributed by atoms with van der Waals surface area (Å²) in [5.74, 6) is 0.239. The van der Waals surface area contributed by atoms with E-state index in [4.69, 9.17) is 4.74 Å². The maximum Gasteiger partial charge on any atom is 0.415 e. The Morgan fingerprint density at radius 3 is 3.03 bits per heavy atom. The van der Waals surface area contributed by atoms with Crippen LogP contribution in [-0.4, -0.2) is 59.0 Å². The van der Waals surface area contributed by atoms with Gasteiger partial charge in [-0.05, 0) is 25.1 Å².